The first-order valence-corrected chi connectivity index (χ1v) is 5.60. The molecular formula is C10H13N3OS. The van der Waals surface area contributed by atoms with Gasteiger partial charge in [-0.15, -0.1) is 11.3 Å². The Bertz CT molecular complexity index is 396. The van der Waals surface area contributed by atoms with Gasteiger partial charge in [-0.2, -0.15) is 0 Å². The van der Waals surface area contributed by atoms with Crippen LogP contribution in [0, 0.1) is 0 Å². The lowest BCUT2D eigenvalue weighted by atomic mass is 10.3. The average Bonchev–Trinajstić information content (AvgIpc) is 2.87. The summed E-state index contributed by atoms with van der Waals surface area (Å²) in [5.41, 5.74) is 2.02. The maximum atomic E-state index is 4.95. The summed E-state index contributed by atoms with van der Waals surface area (Å²) in [4.78, 5) is 7.57. The van der Waals surface area contributed by atoms with Gasteiger partial charge in [-0.05, 0) is 12.1 Å². The summed E-state index contributed by atoms with van der Waals surface area (Å²) in [6.45, 7) is 1.48. The maximum absolute atomic E-state index is 4.95. The molecule has 2 aromatic rings. The van der Waals surface area contributed by atoms with Gasteiger partial charge in [0.1, 0.15) is 0 Å². The van der Waals surface area contributed by atoms with Crippen molar-refractivity contribution in [1.29, 1.82) is 0 Å². The monoisotopic (exact) mass is 223 g/mol. The molecule has 0 aliphatic rings. The molecular weight excluding hydrogens is 210 g/mol. The molecule has 2 rings (SSSR count). The number of methoxy groups -OCH3 is 1. The van der Waals surface area contributed by atoms with Gasteiger partial charge < -0.3 is 15.0 Å². The van der Waals surface area contributed by atoms with E-state index in [0.717, 1.165) is 23.1 Å². The highest BCUT2D eigenvalue weighted by Gasteiger charge is 2.03. The minimum Gasteiger partial charge on any atom is -0.383 e. The van der Waals surface area contributed by atoms with E-state index in [0.29, 0.717) is 6.61 Å². The second-order valence-corrected chi connectivity index (χ2v) is 3.90. The fourth-order valence-electron chi connectivity index (χ4n) is 1.23. The van der Waals surface area contributed by atoms with Crippen molar-refractivity contribution in [2.24, 2.45) is 0 Å². The molecule has 0 aliphatic carbocycles. The maximum Gasteiger partial charge on any atom is 0.183 e. The number of anilines is 1. The van der Waals surface area contributed by atoms with E-state index in [1.807, 2.05) is 23.7 Å². The summed E-state index contributed by atoms with van der Waals surface area (Å²) in [5.74, 6) is 0. The molecule has 0 unspecified atom stereocenters. The van der Waals surface area contributed by atoms with Crippen molar-refractivity contribution in [3.05, 3.63) is 23.7 Å². The molecule has 0 aliphatic heterocycles. The van der Waals surface area contributed by atoms with Gasteiger partial charge in [0.05, 0.1) is 18.0 Å². The van der Waals surface area contributed by atoms with Crippen molar-refractivity contribution in [3.8, 4) is 11.4 Å². The molecule has 0 atom stereocenters. The molecule has 2 heterocycles. The molecule has 0 spiro atoms. The number of thiazole rings is 1. The molecule has 0 aromatic carbocycles. The van der Waals surface area contributed by atoms with Crippen LogP contribution in [0.1, 0.15) is 0 Å². The predicted molar refractivity (Wildman–Crippen MR) is 62.3 cm³/mol. The highest BCUT2D eigenvalue weighted by Crippen LogP contribution is 2.22. The molecule has 5 heteroatoms. The third kappa shape index (κ3) is 2.57. The number of H-pyrrole nitrogens is 1. The molecule has 15 heavy (non-hydrogen) atoms. The lowest BCUT2D eigenvalue weighted by molar-refractivity contribution is 0.211. The van der Waals surface area contributed by atoms with Gasteiger partial charge in [0, 0.05) is 25.2 Å². The molecule has 2 aromatic heterocycles. The van der Waals surface area contributed by atoms with Crippen LogP contribution in [-0.4, -0.2) is 30.2 Å². The summed E-state index contributed by atoms with van der Waals surface area (Å²) in [6.07, 6.45) is 1.90. The molecule has 0 bridgehead atoms. The van der Waals surface area contributed by atoms with Gasteiger partial charge in [0.2, 0.25) is 0 Å². The van der Waals surface area contributed by atoms with Crippen molar-refractivity contribution in [3.63, 3.8) is 0 Å². The Kier molecular flexibility index (Phi) is 3.37. The number of hydrogen-bond acceptors (Lipinski definition) is 4. The number of aromatic nitrogens is 2. The van der Waals surface area contributed by atoms with Gasteiger partial charge >= 0.3 is 0 Å². The molecule has 0 fully saturated rings. The van der Waals surface area contributed by atoms with Crippen LogP contribution in [0.4, 0.5) is 5.13 Å². The van der Waals surface area contributed by atoms with Gasteiger partial charge in [-0.25, -0.2) is 4.98 Å². The van der Waals surface area contributed by atoms with Gasteiger partial charge in [-0.3, -0.25) is 0 Å². The second-order valence-electron chi connectivity index (χ2n) is 3.04. The van der Waals surface area contributed by atoms with Crippen LogP contribution in [0.5, 0.6) is 0 Å². The highest BCUT2D eigenvalue weighted by molar-refractivity contribution is 7.14. The van der Waals surface area contributed by atoms with Crippen LogP contribution in [0.2, 0.25) is 0 Å². The van der Waals surface area contributed by atoms with E-state index in [2.05, 4.69) is 15.3 Å². The van der Waals surface area contributed by atoms with Crippen molar-refractivity contribution in [2.75, 3.05) is 25.6 Å². The SMILES string of the molecule is COCCNc1nc(-c2ccc[nH]2)cs1. The Morgan fingerprint density at radius 2 is 2.53 bits per heavy atom. The Hall–Kier alpha value is -1.33. The van der Waals surface area contributed by atoms with E-state index in [1.54, 1.807) is 18.4 Å². The summed E-state index contributed by atoms with van der Waals surface area (Å²) in [7, 11) is 1.69. The smallest absolute Gasteiger partial charge is 0.183 e. The van der Waals surface area contributed by atoms with E-state index in [1.165, 1.54) is 0 Å². The van der Waals surface area contributed by atoms with Crippen LogP contribution in [-0.2, 0) is 4.74 Å². The number of aromatic amines is 1. The number of rotatable bonds is 5. The topological polar surface area (TPSA) is 49.9 Å². The zero-order valence-electron chi connectivity index (χ0n) is 8.49. The second kappa shape index (κ2) is 4.95. The largest absolute Gasteiger partial charge is 0.383 e. The quantitative estimate of drug-likeness (QED) is 0.764. The van der Waals surface area contributed by atoms with Crippen LogP contribution in [0.3, 0.4) is 0 Å². The third-order valence-electron chi connectivity index (χ3n) is 1.96. The fraction of sp³-hybridized carbons (Fsp3) is 0.300. The van der Waals surface area contributed by atoms with E-state index in [4.69, 9.17) is 4.74 Å². The lowest BCUT2D eigenvalue weighted by Gasteiger charge is -1.99. The van der Waals surface area contributed by atoms with E-state index in [9.17, 15) is 0 Å². The van der Waals surface area contributed by atoms with Crippen molar-refractivity contribution >= 4 is 16.5 Å². The Labute approximate surface area is 92.3 Å². The molecule has 0 saturated carbocycles. The van der Waals surface area contributed by atoms with E-state index < -0.39 is 0 Å². The van der Waals surface area contributed by atoms with E-state index in [-0.39, 0.29) is 0 Å². The van der Waals surface area contributed by atoms with Crippen LogP contribution in [0.15, 0.2) is 23.7 Å². The lowest BCUT2D eigenvalue weighted by Crippen LogP contribution is -2.06. The third-order valence-corrected chi connectivity index (χ3v) is 2.76. The zero-order chi connectivity index (χ0) is 10.5. The Balaban J connectivity index is 1.98. The van der Waals surface area contributed by atoms with Crippen molar-refractivity contribution in [1.82, 2.24) is 9.97 Å². The number of nitrogens with zero attached hydrogens (tertiary/aromatic N) is 1. The molecule has 80 valence electrons. The molecule has 4 nitrogen and oxygen atoms in total. The summed E-state index contributed by atoms with van der Waals surface area (Å²) < 4.78 is 4.95. The summed E-state index contributed by atoms with van der Waals surface area (Å²) in [5, 5.41) is 6.15. The van der Waals surface area contributed by atoms with Crippen molar-refractivity contribution < 1.29 is 4.74 Å². The van der Waals surface area contributed by atoms with Crippen LogP contribution in [0.25, 0.3) is 11.4 Å². The van der Waals surface area contributed by atoms with Gasteiger partial charge in [-0.1, -0.05) is 0 Å². The average molecular weight is 223 g/mol. The molecule has 2 N–H and O–H groups in total. The molecule has 0 radical (unpaired) electrons. The van der Waals surface area contributed by atoms with Crippen LogP contribution < -0.4 is 5.32 Å². The molecule has 0 amide bonds. The van der Waals surface area contributed by atoms with Crippen LogP contribution >= 0.6 is 11.3 Å². The first-order valence-electron chi connectivity index (χ1n) is 4.72. The number of hydrogen-bond donors (Lipinski definition) is 2. The minimum absolute atomic E-state index is 0.692. The first kappa shape index (κ1) is 10.2. The first-order chi connectivity index (χ1) is 7.40. The Morgan fingerprint density at radius 1 is 1.60 bits per heavy atom. The summed E-state index contributed by atoms with van der Waals surface area (Å²) in [6, 6.07) is 3.97. The molecule has 0 saturated heterocycles. The Morgan fingerprint density at radius 3 is 3.27 bits per heavy atom. The summed E-state index contributed by atoms with van der Waals surface area (Å²) >= 11 is 1.60. The minimum atomic E-state index is 0.692. The van der Waals surface area contributed by atoms with Crippen molar-refractivity contribution in [2.45, 2.75) is 0 Å². The van der Waals surface area contributed by atoms with Gasteiger partial charge in [0.15, 0.2) is 5.13 Å². The predicted octanol–water partition coefficient (Wildman–Crippen LogP) is 2.20. The van der Waals surface area contributed by atoms with Gasteiger partial charge in [0.25, 0.3) is 0 Å². The normalized spacial score (nSPS) is 10.5. The standard InChI is InChI=1S/C10H13N3OS/c1-14-6-5-12-10-13-9(7-15-10)8-3-2-4-11-8/h2-4,7,11H,5-6H2,1H3,(H,12,13). The highest BCUT2D eigenvalue weighted by atomic mass is 32.1. The zero-order valence-corrected chi connectivity index (χ0v) is 9.30. The number of ether oxygens (including phenoxy) is 1. The fourth-order valence-corrected chi connectivity index (χ4v) is 1.97. The van der Waals surface area contributed by atoms with E-state index >= 15 is 0 Å². The number of nitrogens with one attached hydrogen (secondary N) is 2.